The summed E-state index contributed by atoms with van der Waals surface area (Å²) < 4.78 is 5.58. The Morgan fingerprint density at radius 1 is 1.44 bits per heavy atom. The van der Waals surface area contributed by atoms with E-state index in [1.165, 1.54) is 0 Å². The van der Waals surface area contributed by atoms with Gasteiger partial charge in [-0.3, -0.25) is 4.90 Å². The van der Waals surface area contributed by atoms with Gasteiger partial charge in [0.1, 0.15) is 5.60 Å². The van der Waals surface area contributed by atoms with E-state index < -0.39 is 0 Å². The predicted octanol–water partition coefficient (Wildman–Crippen LogP) is 1.35. The maximum Gasteiger partial charge on any atom is 0.415 e. The minimum atomic E-state index is -0.361. The van der Waals surface area contributed by atoms with Crippen LogP contribution < -0.4 is 16.0 Å². The van der Waals surface area contributed by atoms with Crippen LogP contribution in [-0.4, -0.2) is 31.3 Å². The van der Waals surface area contributed by atoms with Crippen molar-refractivity contribution in [1.82, 2.24) is 5.32 Å². The third kappa shape index (κ3) is 1.90. The zero-order valence-electron chi connectivity index (χ0n) is 10.2. The molecule has 2 saturated heterocycles. The molecule has 0 bridgehead atoms. The van der Waals surface area contributed by atoms with Gasteiger partial charge in [0.25, 0.3) is 0 Å². The second-order valence-electron chi connectivity index (χ2n) is 5.01. The monoisotopic (exact) mass is 247 g/mol. The molecule has 0 radical (unpaired) electrons. The van der Waals surface area contributed by atoms with Crippen molar-refractivity contribution < 1.29 is 9.53 Å². The molecular weight excluding hydrogens is 230 g/mol. The van der Waals surface area contributed by atoms with Gasteiger partial charge in [0.2, 0.25) is 0 Å². The quantitative estimate of drug-likeness (QED) is 0.735. The number of nitrogens with one attached hydrogen (secondary N) is 1. The van der Waals surface area contributed by atoms with Crippen LogP contribution in [0.4, 0.5) is 16.2 Å². The summed E-state index contributed by atoms with van der Waals surface area (Å²) in [6.07, 6.45) is 1.69. The molecule has 5 heteroatoms. The van der Waals surface area contributed by atoms with E-state index in [4.69, 9.17) is 10.5 Å². The third-order valence-electron chi connectivity index (χ3n) is 3.59. The van der Waals surface area contributed by atoms with Crippen molar-refractivity contribution >= 4 is 17.5 Å². The number of benzene rings is 1. The summed E-state index contributed by atoms with van der Waals surface area (Å²) in [6.45, 7) is 2.33. The van der Waals surface area contributed by atoms with E-state index in [9.17, 15) is 4.79 Å². The highest BCUT2D eigenvalue weighted by atomic mass is 16.6. The van der Waals surface area contributed by atoms with Crippen LogP contribution >= 0.6 is 0 Å². The number of carbonyl (C=O) groups is 1. The molecule has 96 valence electrons. The molecule has 2 aliphatic rings. The lowest BCUT2D eigenvalue weighted by Gasteiger charge is -2.31. The molecule has 1 amide bonds. The summed E-state index contributed by atoms with van der Waals surface area (Å²) in [5.74, 6) is 0. The van der Waals surface area contributed by atoms with Gasteiger partial charge in [-0.05, 0) is 37.6 Å². The molecule has 3 rings (SSSR count). The first-order valence-electron chi connectivity index (χ1n) is 6.25. The van der Waals surface area contributed by atoms with Gasteiger partial charge in [0.15, 0.2) is 0 Å². The van der Waals surface area contributed by atoms with Crippen LogP contribution in [0.25, 0.3) is 0 Å². The number of hydrogen-bond donors (Lipinski definition) is 2. The number of anilines is 2. The van der Waals surface area contributed by atoms with E-state index in [0.717, 1.165) is 31.6 Å². The number of nitrogens with zero attached hydrogens (tertiary/aromatic N) is 1. The first-order valence-corrected chi connectivity index (χ1v) is 6.25. The van der Waals surface area contributed by atoms with E-state index in [1.54, 1.807) is 11.0 Å². The van der Waals surface area contributed by atoms with Crippen LogP contribution in [0.1, 0.15) is 12.8 Å². The summed E-state index contributed by atoms with van der Waals surface area (Å²) in [4.78, 5) is 13.7. The molecule has 5 nitrogen and oxygen atoms in total. The highest BCUT2D eigenvalue weighted by molar-refractivity contribution is 5.90. The van der Waals surface area contributed by atoms with Gasteiger partial charge in [0, 0.05) is 17.9 Å². The first-order chi connectivity index (χ1) is 8.69. The summed E-state index contributed by atoms with van der Waals surface area (Å²) in [5.41, 5.74) is 6.85. The number of ether oxygens (including phenoxy) is 1. The SMILES string of the molecule is Nc1cccc(N2CC3(CCCNC3)OC2=O)c1. The Hall–Kier alpha value is -1.75. The summed E-state index contributed by atoms with van der Waals surface area (Å²) >= 11 is 0. The minimum Gasteiger partial charge on any atom is -0.439 e. The zero-order valence-corrected chi connectivity index (χ0v) is 10.2. The molecule has 1 aromatic rings. The minimum absolute atomic E-state index is 0.274. The average Bonchev–Trinajstić information content (AvgIpc) is 2.67. The Bertz CT molecular complexity index is 469. The Morgan fingerprint density at radius 3 is 3.06 bits per heavy atom. The molecule has 2 heterocycles. The van der Waals surface area contributed by atoms with Gasteiger partial charge in [0.05, 0.1) is 6.54 Å². The molecule has 2 aliphatic heterocycles. The summed E-state index contributed by atoms with van der Waals surface area (Å²) in [7, 11) is 0. The second kappa shape index (κ2) is 4.17. The highest BCUT2D eigenvalue weighted by Gasteiger charge is 2.46. The van der Waals surface area contributed by atoms with E-state index in [-0.39, 0.29) is 11.7 Å². The molecule has 1 aromatic carbocycles. The van der Waals surface area contributed by atoms with Crippen molar-refractivity contribution in [2.45, 2.75) is 18.4 Å². The fourth-order valence-corrected chi connectivity index (χ4v) is 2.68. The van der Waals surface area contributed by atoms with Crippen LogP contribution in [0.2, 0.25) is 0 Å². The molecule has 2 fully saturated rings. The smallest absolute Gasteiger partial charge is 0.415 e. The van der Waals surface area contributed by atoms with Gasteiger partial charge in [-0.15, -0.1) is 0 Å². The van der Waals surface area contributed by atoms with Gasteiger partial charge in [-0.1, -0.05) is 6.07 Å². The zero-order chi connectivity index (χ0) is 12.6. The molecule has 0 aliphatic carbocycles. The molecular formula is C13H17N3O2. The molecule has 1 spiro atoms. The lowest BCUT2D eigenvalue weighted by atomic mass is 9.94. The molecule has 1 unspecified atom stereocenters. The van der Waals surface area contributed by atoms with Crippen molar-refractivity contribution in [2.75, 3.05) is 30.3 Å². The third-order valence-corrected chi connectivity index (χ3v) is 3.59. The van der Waals surface area contributed by atoms with E-state index >= 15 is 0 Å². The van der Waals surface area contributed by atoms with Crippen LogP contribution in [0.3, 0.4) is 0 Å². The molecule has 0 saturated carbocycles. The lowest BCUT2D eigenvalue weighted by Crippen LogP contribution is -2.48. The number of nitrogens with two attached hydrogens (primary N) is 1. The Labute approximate surface area is 106 Å². The van der Waals surface area contributed by atoms with Crippen molar-refractivity contribution in [1.29, 1.82) is 0 Å². The maximum atomic E-state index is 12.0. The van der Waals surface area contributed by atoms with E-state index in [1.807, 2.05) is 18.2 Å². The molecule has 1 atom stereocenters. The van der Waals surface area contributed by atoms with Crippen molar-refractivity contribution in [2.24, 2.45) is 0 Å². The van der Waals surface area contributed by atoms with Crippen molar-refractivity contribution in [3.05, 3.63) is 24.3 Å². The molecule has 0 aromatic heterocycles. The van der Waals surface area contributed by atoms with Gasteiger partial charge in [-0.2, -0.15) is 0 Å². The maximum absolute atomic E-state index is 12.0. The summed E-state index contributed by atoms with van der Waals surface area (Å²) in [5, 5.41) is 3.29. The number of piperidine rings is 1. The summed E-state index contributed by atoms with van der Waals surface area (Å²) in [6, 6.07) is 7.34. The Kier molecular flexibility index (Phi) is 2.63. The molecule has 18 heavy (non-hydrogen) atoms. The van der Waals surface area contributed by atoms with Crippen LogP contribution in [0.5, 0.6) is 0 Å². The van der Waals surface area contributed by atoms with Crippen LogP contribution in [0, 0.1) is 0 Å². The second-order valence-corrected chi connectivity index (χ2v) is 5.01. The fourth-order valence-electron chi connectivity index (χ4n) is 2.68. The topological polar surface area (TPSA) is 67.6 Å². The van der Waals surface area contributed by atoms with Gasteiger partial charge < -0.3 is 15.8 Å². The van der Waals surface area contributed by atoms with E-state index in [0.29, 0.717) is 12.2 Å². The number of amides is 1. The van der Waals surface area contributed by atoms with Crippen molar-refractivity contribution in [3.8, 4) is 0 Å². The number of rotatable bonds is 1. The standard InChI is InChI=1S/C13H17N3O2/c14-10-3-1-4-11(7-10)16-9-13(18-12(16)17)5-2-6-15-8-13/h1,3-4,7,15H,2,5-6,8-9,14H2. The van der Waals surface area contributed by atoms with Gasteiger partial charge >= 0.3 is 6.09 Å². The van der Waals surface area contributed by atoms with Crippen LogP contribution in [0.15, 0.2) is 24.3 Å². The van der Waals surface area contributed by atoms with Crippen LogP contribution in [-0.2, 0) is 4.74 Å². The number of hydrogen-bond acceptors (Lipinski definition) is 4. The predicted molar refractivity (Wildman–Crippen MR) is 69.5 cm³/mol. The van der Waals surface area contributed by atoms with Crippen molar-refractivity contribution in [3.63, 3.8) is 0 Å². The highest BCUT2D eigenvalue weighted by Crippen LogP contribution is 2.32. The van der Waals surface area contributed by atoms with E-state index in [2.05, 4.69) is 5.32 Å². The average molecular weight is 247 g/mol. The number of carbonyl (C=O) groups excluding carboxylic acids is 1. The number of nitrogen functional groups attached to an aromatic ring is 1. The Balaban J connectivity index is 1.84. The normalized spacial score (nSPS) is 27.6. The first kappa shape index (κ1) is 11.3. The fraction of sp³-hybridized carbons (Fsp3) is 0.462. The lowest BCUT2D eigenvalue weighted by molar-refractivity contribution is 0.0366. The Morgan fingerprint density at radius 2 is 2.33 bits per heavy atom. The molecule has 3 N–H and O–H groups in total. The largest absolute Gasteiger partial charge is 0.439 e. The van der Waals surface area contributed by atoms with Gasteiger partial charge in [-0.25, -0.2) is 4.79 Å².